The van der Waals surface area contributed by atoms with Gasteiger partial charge >= 0.3 is 0 Å². The van der Waals surface area contributed by atoms with Gasteiger partial charge in [-0.2, -0.15) is 0 Å². The van der Waals surface area contributed by atoms with Crippen molar-refractivity contribution < 1.29 is 0 Å². The van der Waals surface area contributed by atoms with Crippen LogP contribution in [0.1, 0.15) is 23.8 Å². The molecule has 5 heteroatoms. The zero-order valence-corrected chi connectivity index (χ0v) is 10.7. The number of nitrogen functional groups attached to an aromatic ring is 1. The molecule has 84 valence electrons. The summed E-state index contributed by atoms with van der Waals surface area (Å²) in [7, 11) is 0. The lowest BCUT2D eigenvalue weighted by atomic mass is 9.89. The zero-order chi connectivity index (χ0) is 11.3. The zero-order valence-electron chi connectivity index (χ0n) is 9.04. The Bertz CT molecular complexity index is 611. The van der Waals surface area contributed by atoms with E-state index >= 15 is 0 Å². The summed E-state index contributed by atoms with van der Waals surface area (Å²) in [5.41, 5.74) is 7.40. The monoisotopic (exact) mass is 251 g/mol. The Morgan fingerprint density at radius 2 is 2.38 bits per heavy atom. The van der Waals surface area contributed by atoms with Crippen LogP contribution >= 0.6 is 23.6 Å². The molecule has 3 rings (SSSR count). The van der Waals surface area contributed by atoms with Crippen molar-refractivity contribution in [1.29, 1.82) is 0 Å². The lowest BCUT2D eigenvalue weighted by molar-refractivity contribution is 0.509. The maximum Gasteiger partial charge on any atom is 0.199 e. The predicted molar refractivity (Wildman–Crippen MR) is 70.4 cm³/mol. The fourth-order valence-corrected chi connectivity index (χ4v) is 4.05. The van der Waals surface area contributed by atoms with Gasteiger partial charge in [0.25, 0.3) is 0 Å². The summed E-state index contributed by atoms with van der Waals surface area (Å²) in [6.07, 6.45) is 3.52. The molecule has 3 N–H and O–H groups in total. The van der Waals surface area contributed by atoms with Crippen molar-refractivity contribution in [2.75, 3.05) is 5.73 Å². The molecule has 0 saturated carbocycles. The van der Waals surface area contributed by atoms with Crippen LogP contribution in [-0.2, 0) is 12.8 Å². The van der Waals surface area contributed by atoms with E-state index in [1.54, 1.807) is 11.3 Å². The number of anilines is 1. The van der Waals surface area contributed by atoms with E-state index in [1.807, 2.05) is 0 Å². The molecule has 16 heavy (non-hydrogen) atoms. The number of fused-ring (bicyclic) bond motifs is 3. The van der Waals surface area contributed by atoms with Crippen LogP contribution in [0, 0.1) is 10.7 Å². The van der Waals surface area contributed by atoms with Gasteiger partial charge in [-0.15, -0.1) is 11.3 Å². The van der Waals surface area contributed by atoms with Gasteiger partial charge in [0.2, 0.25) is 0 Å². The van der Waals surface area contributed by atoms with Crippen LogP contribution in [0.4, 0.5) is 5.82 Å². The largest absolute Gasteiger partial charge is 0.385 e. The molecule has 1 aliphatic carbocycles. The highest BCUT2D eigenvalue weighted by Crippen LogP contribution is 2.38. The number of aromatic nitrogens is 2. The normalized spacial score (nSPS) is 19.9. The van der Waals surface area contributed by atoms with Crippen molar-refractivity contribution in [2.45, 2.75) is 26.2 Å². The van der Waals surface area contributed by atoms with E-state index in [-0.39, 0.29) is 0 Å². The number of nitrogens with zero attached hydrogens (tertiary/aromatic N) is 1. The molecule has 0 spiro atoms. The second-order valence-electron chi connectivity index (χ2n) is 4.49. The molecule has 0 fully saturated rings. The van der Waals surface area contributed by atoms with Gasteiger partial charge in [0.05, 0.1) is 5.39 Å². The topological polar surface area (TPSA) is 54.7 Å². The Kier molecular flexibility index (Phi) is 2.26. The summed E-state index contributed by atoms with van der Waals surface area (Å²) >= 11 is 6.80. The average Bonchev–Trinajstić information content (AvgIpc) is 2.54. The first-order chi connectivity index (χ1) is 7.65. The molecule has 1 aliphatic rings. The summed E-state index contributed by atoms with van der Waals surface area (Å²) < 4.78 is 0.483. The van der Waals surface area contributed by atoms with Gasteiger partial charge in [-0.3, -0.25) is 0 Å². The van der Waals surface area contributed by atoms with Crippen LogP contribution in [0.5, 0.6) is 0 Å². The summed E-state index contributed by atoms with van der Waals surface area (Å²) in [6.45, 7) is 2.30. The Labute approximate surface area is 103 Å². The SMILES string of the molecule is C[C@@H]1CCc2c(sc3nc(=S)[nH]c(N)c23)C1. The molecule has 0 bridgehead atoms. The first-order valence-corrected chi connectivity index (χ1v) is 6.67. The van der Waals surface area contributed by atoms with Crippen LogP contribution in [0.3, 0.4) is 0 Å². The molecule has 0 aliphatic heterocycles. The summed E-state index contributed by atoms with van der Waals surface area (Å²) in [6, 6.07) is 0. The van der Waals surface area contributed by atoms with Gasteiger partial charge in [0.15, 0.2) is 4.77 Å². The fourth-order valence-electron chi connectivity index (χ4n) is 2.39. The third-order valence-electron chi connectivity index (χ3n) is 3.21. The van der Waals surface area contributed by atoms with Crippen LogP contribution in [0.25, 0.3) is 10.2 Å². The molecular weight excluding hydrogens is 238 g/mol. The number of aromatic amines is 1. The van der Waals surface area contributed by atoms with Gasteiger partial charge in [-0.25, -0.2) is 4.98 Å². The van der Waals surface area contributed by atoms with Gasteiger partial charge in [-0.1, -0.05) is 6.92 Å². The average molecular weight is 251 g/mol. The van der Waals surface area contributed by atoms with Gasteiger partial charge in [-0.05, 0) is 43.0 Å². The van der Waals surface area contributed by atoms with Crippen LogP contribution in [0.2, 0.25) is 0 Å². The van der Waals surface area contributed by atoms with Crippen molar-refractivity contribution in [2.24, 2.45) is 5.92 Å². The molecule has 0 amide bonds. The Hall–Kier alpha value is -0.940. The number of H-pyrrole nitrogens is 1. The number of hydrogen-bond donors (Lipinski definition) is 2. The molecular formula is C11H13N3S2. The van der Waals surface area contributed by atoms with Gasteiger partial charge in [0, 0.05) is 4.88 Å². The molecule has 0 aromatic carbocycles. The van der Waals surface area contributed by atoms with E-state index in [4.69, 9.17) is 18.0 Å². The van der Waals surface area contributed by atoms with Crippen LogP contribution in [-0.4, -0.2) is 9.97 Å². The lowest BCUT2D eigenvalue weighted by Gasteiger charge is -2.17. The molecule has 3 nitrogen and oxygen atoms in total. The number of thiophene rings is 1. The number of nitrogens with two attached hydrogens (primary N) is 1. The van der Waals surface area contributed by atoms with Crippen LogP contribution < -0.4 is 5.73 Å². The second-order valence-corrected chi connectivity index (χ2v) is 5.96. The summed E-state index contributed by atoms with van der Waals surface area (Å²) in [4.78, 5) is 9.76. The van der Waals surface area contributed by atoms with E-state index in [2.05, 4.69) is 16.9 Å². The quantitative estimate of drug-likeness (QED) is 0.708. The second kappa shape index (κ2) is 3.53. The number of rotatable bonds is 0. The molecule has 2 aromatic heterocycles. The molecule has 0 saturated heterocycles. The van der Waals surface area contributed by atoms with Crippen molar-refractivity contribution in [1.82, 2.24) is 9.97 Å². The highest BCUT2D eigenvalue weighted by molar-refractivity contribution is 7.71. The van der Waals surface area contributed by atoms with Gasteiger partial charge in [0.1, 0.15) is 10.6 Å². The van der Waals surface area contributed by atoms with Crippen molar-refractivity contribution >= 4 is 39.6 Å². The lowest BCUT2D eigenvalue weighted by Crippen LogP contribution is -2.09. The maximum atomic E-state index is 6.00. The molecule has 2 heterocycles. The first-order valence-electron chi connectivity index (χ1n) is 5.45. The standard InChI is InChI=1S/C11H13N3S2/c1-5-2-3-6-7(4-5)16-10-8(6)9(12)13-11(15)14-10/h5H,2-4H2,1H3,(H3,12,13,14,15)/t5-/m1/s1. The van der Waals surface area contributed by atoms with Crippen LogP contribution in [0.15, 0.2) is 0 Å². The minimum absolute atomic E-state index is 0.483. The van der Waals surface area contributed by atoms with E-state index in [0.29, 0.717) is 10.6 Å². The third kappa shape index (κ3) is 1.46. The van der Waals surface area contributed by atoms with Crippen molar-refractivity contribution in [3.63, 3.8) is 0 Å². The molecule has 2 aromatic rings. The molecule has 0 unspecified atom stereocenters. The predicted octanol–water partition coefficient (Wildman–Crippen LogP) is 3.06. The van der Waals surface area contributed by atoms with Gasteiger partial charge < -0.3 is 10.7 Å². The maximum absolute atomic E-state index is 6.00. The number of nitrogens with one attached hydrogen (secondary N) is 1. The minimum atomic E-state index is 0.483. The smallest absolute Gasteiger partial charge is 0.199 e. The minimum Gasteiger partial charge on any atom is -0.385 e. The summed E-state index contributed by atoms with van der Waals surface area (Å²) in [5.74, 6) is 1.45. The van der Waals surface area contributed by atoms with E-state index < -0.39 is 0 Å². The molecule has 0 radical (unpaired) electrons. The number of aryl methyl sites for hydroxylation is 1. The molecule has 1 atom stereocenters. The Balaban J connectivity index is 2.33. The van der Waals surface area contributed by atoms with E-state index in [1.165, 1.54) is 16.9 Å². The van der Waals surface area contributed by atoms with E-state index in [0.717, 1.165) is 29.0 Å². The van der Waals surface area contributed by atoms with Crippen molar-refractivity contribution in [3.8, 4) is 0 Å². The summed E-state index contributed by atoms with van der Waals surface area (Å²) in [5, 5.41) is 1.11. The fraction of sp³-hybridized carbons (Fsp3) is 0.455. The first kappa shape index (κ1) is 10.2. The Morgan fingerprint density at radius 3 is 3.19 bits per heavy atom. The van der Waals surface area contributed by atoms with Crippen molar-refractivity contribution in [3.05, 3.63) is 15.2 Å². The highest BCUT2D eigenvalue weighted by atomic mass is 32.1. The number of hydrogen-bond acceptors (Lipinski definition) is 4. The third-order valence-corrected chi connectivity index (χ3v) is 4.55. The highest BCUT2D eigenvalue weighted by Gasteiger charge is 2.22. The van der Waals surface area contributed by atoms with E-state index in [9.17, 15) is 0 Å². The Morgan fingerprint density at radius 1 is 1.56 bits per heavy atom.